The first-order chi connectivity index (χ1) is 12.6. The SMILES string of the molecule is C[C@H]1c2nc(-c3ccccc3)nn2CCN1C(=O)CN(C)C1CCCC1. The Morgan fingerprint density at radius 1 is 1.19 bits per heavy atom. The number of fused-ring (bicyclic) bond motifs is 1. The van der Waals surface area contributed by atoms with Crippen molar-refractivity contribution in [1.29, 1.82) is 0 Å². The Morgan fingerprint density at radius 2 is 1.92 bits per heavy atom. The molecule has 138 valence electrons. The van der Waals surface area contributed by atoms with E-state index in [0.29, 0.717) is 25.7 Å². The zero-order valence-corrected chi connectivity index (χ0v) is 15.6. The van der Waals surface area contributed by atoms with Crippen molar-refractivity contribution in [3.8, 4) is 11.4 Å². The van der Waals surface area contributed by atoms with Gasteiger partial charge < -0.3 is 4.90 Å². The minimum atomic E-state index is -0.0433. The molecular formula is C20H27N5O. The topological polar surface area (TPSA) is 54.3 Å². The van der Waals surface area contributed by atoms with Crippen molar-refractivity contribution in [3.05, 3.63) is 36.2 Å². The van der Waals surface area contributed by atoms with E-state index in [-0.39, 0.29) is 11.9 Å². The van der Waals surface area contributed by atoms with E-state index in [4.69, 9.17) is 4.98 Å². The Balaban J connectivity index is 1.48. The van der Waals surface area contributed by atoms with E-state index in [2.05, 4.69) is 24.0 Å². The van der Waals surface area contributed by atoms with Gasteiger partial charge in [0.1, 0.15) is 5.82 Å². The van der Waals surface area contributed by atoms with Crippen LogP contribution in [-0.2, 0) is 11.3 Å². The zero-order chi connectivity index (χ0) is 18.1. The minimum absolute atomic E-state index is 0.0433. The van der Waals surface area contributed by atoms with E-state index in [1.807, 2.05) is 39.9 Å². The van der Waals surface area contributed by atoms with Crippen molar-refractivity contribution in [2.45, 2.75) is 51.2 Å². The number of amides is 1. The molecule has 0 N–H and O–H groups in total. The molecule has 2 aliphatic rings. The number of carbonyl (C=O) groups excluding carboxylic acids is 1. The average molecular weight is 353 g/mol. The minimum Gasteiger partial charge on any atom is -0.330 e. The number of hydrogen-bond donors (Lipinski definition) is 0. The monoisotopic (exact) mass is 353 g/mol. The third-order valence-corrected chi connectivity index (χ3v) is 5.78. The lowest BCUT2D eigenvalue weighted by molar-refractivity contribution is -0.136. The third kappa shape index (κ3) is 3.26. The van der Waals surface area contributed by atoms with Gasteiger partial charge in [-0.15, -0.1) is 0 Å². The first-order valence-corrected chi connectivity index (χ1v) is 9.63. The summed E-state index contributed by atoms with van der Waals surface area (Å²) < 4.78 is 1.96. The molecule has 1 amide bonds. The molecule has 1 aromatic carbocycles. The fraction of sp³-hybridized carbons (Fsp3) is 0.550. The molecule has 1 fully saturated rings. The van der Waals surface area contributed by atoms with Crippen LogP contribution in [0.15, 0.2) is 30.3 Å². The van der Waals surface area contributed by atoms with E-state index in [9.17, 15) is 4.79 Å². The van der Waals surface area contributed by atoms with Gasteiger partial charge in [0.25, 0.3) is 0 Å². The number of nitrogens with zero attached hydrogens (tertiary/aromatic N) is 5. The molecule has 0 spiro atoms. The maximum Gasteiger partial charge on any atom is 0.237 e. The maximum absolute atomic E-state index is 12.9. The Bertz CT molecular complexity index is 766. The van der Waals surface area contributed by atoms with Gasteiger partial charge in [-0.2, -0.15) is 5.10 Å². The van der Waals surface area contributed by atoms with E-state index >= 15 is 0 Å². The van der Waals surface area contributed by atoms with Crippen molar-refractivity contribution in [1.82, 2.24) is 24.6 Å². The van der Waals surface area contributed by atoms with Crippen molar-refractivity contribution < 1.29 is 4.79 Å². The summed E-state index contributed by atoms with van der Waals surface area (Å²) in [6.07, 6.45) is 5.01. The number of carbonyl (C=O) groups is 1. The number of benzene rings is 1. The fourth-order valence-electron chi connectivity index (χ4n) is 4.19. The van der Waals surface area contributed by atoms with Crippen molar-refractivity contribution in [2.24, 2.45) is 0 Å². The zero-order valence-electron chi connectivity index (χ0n) is 15.6. The van der Waals surface area contributed by atoms with E-state index in [0.717, 1.165) is 17.2 Å². The van der Waals surface area contributed by atoms with Crippen LogP contribution in [-0.4, -0.2) is 56.7 Å². The first-order valence-electron chi connectivity index (χ1n) is 9.63. The Labute approximate surface area is 154 Å². The first kappa shape index (κ1) is 17.2. The van der Waals surface area contributed by atoms with Gasteiger partial charge in [-0.3, -0.25) is 9.69 Å². The molecule has 2 aromatic rings. The summed E-state index contributed by atoms with van der Waals surface area (Å²) in [5, 5.41) is 4.65. The van der Waals surface area contributed by atoms with Gasteiger partial charge >= 0.3 is 0 Å². The van der Waals surface area contributed by atoms with Crippen LogP contribution < -0.4 is 0 Å². The summed E-state index contributed by atoms with van der Waals surface area (Å²) in [5.41, 5.74) is 1.01. The number of likely N-dealkylation sites (N-methyl/N-ethyl adjacent to an activating group) is 1. The molecule has 26 heavy (non-hydrogen) atoms. The molecule has 0 radical (unpaired) electrons. The number of rotatable bonds is 4. The standard InChI is InChI=1S/C20H27N5O/c1-15-20-21-19(16-8-4-3-5-9-16)22-25(20)13-12-24(15)18(26)14-23(2)17-10-6-7-11-17/h3-5,8-9,15,17H,6-7,10-14H2,1-2H3/t15-/m0/s1. The van der Waals surface area contributed by atoms with Crippen LogP contribution in [0.4, 0.5) is 0 Å². The molecular weight excluding hydrogens is 326 g/mol. The van der Waals surface area contributed by atoms with Crippen LogP contribution in [0, 0.1) is 0 Å². The van der Waals surface area contributed by atoms with Gasteiger partial charge in [-0.1, -0.05) is 43.2 Å². The third-order valence-electron chi connectivity index (χ3n) is 5.78. The van der Waals surface area contributed by atoms with Gasteiger partial charge in [-0.05, 0) is 26.8 Å². The lowest BCUT2D eigenvalue weighted by Crippen LogP contribution is -2.46. The molecule has 1 aromatic heterocycles. The smallest absolute Gasteiger partial charge is 0.237 e. The van der Waals surface area contributed by atoms with Gasteiger partial charge in [0, 0.05) is 18.2 Å². The van der Waals surface area contributed by atoms with E-state index < -0.39 is 0 Å². The van der Waals surface area contributed by atoms with Crippen molar-refractivity contribution >= 4 is 5.91 Å². The molecule has 1 aliphatic heterocycles. The summed E-state index contributed by atoms with van der Waals surface area (Å²) >= 11 is 0. The van der Waals surface area contributed by atoms with Gasteiger partial charge in [-0.25, -0.2) is 9.67 Å². The Kier molecular flexibility index (Phi) is 4.76. The summed E-state index contributed by atoms with van der Waals surface area (Å²) in [6.45, 7) is 3.96. The van der Waals surface area contributed by atoms with Crippen LogP contribution >= 0.6 is 0 Å². The van der Waals surface area contributed by atoms with Gasteiger partial charge in [0.05, 0.1) is 19.1 Å². The molecule has 1 aliphatic carbocycles. The molecule has 6 nitrogen and oxygen atoms in total. The molecule has 6 heteroatoms. The van der Waals surface area contributed by atoms with Crippen LogP contribution in [0.2, 0.25) is 0 Å². The Morgan fingerprint density at radius 3 is 2.65 bits per heavy atom. The maximum atomic E-state index is 12.9. The molecule has 2 heterocycles. The van der Waals surface area contributed by atoms with Crippen LogP contribution in [0.1, 0.15) is 44.5 Å². The molecule has 0 unspecified atom stereocenters. The second-order valence-corrected chi connectivity index (χ2v) is 7.50. The largest absolute Gasteiger partial charge is 0.330 e. The Hall–Kier alpha value is -2.21. The molecule has 0 bridgehead atoms. The highest BCUT2D eigenvalue weighted by Gasteiger charge is 2.32. The van der Waals surface area contributed by atoms with E-state index in [1.165, 1.54) is 25.7 Å². The predicted octanol–water partition coefficient (Wildman–Crippen LogP) is 2.72. The van der Waals surface area contributed by atoms with E-state index in [1.54, 1.807) is 0 Å². The highest BCUT2D eigenvalue weighted by molar-refractivity contribution is 5.78. The van der Waals surface area contributed by atoms with Gasteiger partial charge in [0.2, 0.25) is 5.91 Å². The quantitative estimate of drug-likeness (QED) is 0.848. The molecule has 1 saturated carbocycles. The van der Waals surface area contributed by atoms with Crippen LogP contribution in [0.25, 0.3) is 11.4 Å². The lowest BCUT2D eigenvalue weighted by Gasteiger charge is -2.35. The van der Waals surface area contributed by atoms with Crippen molar-refractivity contribution in [3.63, 3.8) is 0 Å². The predicted molar refractivity (Wildman–Crippen MR) is 100 cm³/mol. The lowest BCUT2D eigenvalue weighted by atomic mass is 10.2. The van der Waals surface area contributed by atoms with Crippen LogP contribution in [0.3, 0.4) is 0 Å². The summed E-state index contributed by atoms with van der Waals surface area (Å²) in [6, 6.07) is 10.5. The molecule has 0 saturated heterocycles. The second-order valence-electron chi connectivity index (χ2n) is 7.50. The van der Waals surface area contributed by atoms with Gasteiger partial charge in [0.15, 0.2) is 5.82 Å². The highest BCUT2D eigenvalue weighted by Crippen LogP contribution is 2.27. The number of aromatic nitrogens is 3. The summed E-state index contributed by atoms with van der Waals surface area (Å²) in [7, 11) is 2.08. The second kappa shape index (κ2) is 7.19. The highest BCUT2D eigenvalue weighted by atomic mass is 16.2. The molecule has 4 rings (SSSR count). The van der Waals surface area contributed by atoms with Crippen LogP contribution in [0.5, 0.6) is 0 Å². The normalized spacial score (nSPS) is 20.6. The van der Waals surface area contributed by atoms with Crippen molar-refractivity contribution in [2.75, 3.05) is 20.1 Å². The average Bonchev–Trinajstić information content (AvgIpc) is 3.33. The molecule has 1 atom stereocenters. The summed E-state index contributed by atoms with van der Waals surface area (Å²) in [5.74, 6) is 1.82. The fourth-order valence-corrected chi connectivity index (χ4v) is 4.19. The summed E-state index contributed by atoms with van der Waals surface area (Å²) in [4.78, 5) is 21.8. The number of hydrogen-bond acceptors (Lipinski definition) is 4.